The third-order valence-corrected chi connectivity index (χ3v) is 3.18. The van der Waals surface area contributed by atoms with Gasteiger partial charge < -0.3 is 4.90 Å². The molecule has 0 N–H and O–H groups in total. The van der Waals surface area contributed by atoms with Crippen LogP contribution in [-0.2, 0) is 11.2 Å². The van der Waals surface area contributed by atoms with Crippen LogP contribution in [-0.4, -0.2) is 23.9 Å². The number of rotatable bonds is 6. The largest absolute Gasteiger partial charge is 0.342 e. The maximum Gasteiger partial charge on any atom is 0.227 e. The molecule has 4 heteroatoms. The molecule has 2 nitrogen and oxygen atoms in total. The van der Waals surface area contributed by atoms with Gasteiger partial charge in [0.15, 0.2) is 0 Å². The summed E-state index contributed by atoms with van der Waals surface area (Å²) in [7, 11) is 0. The van der Waals surface area contributed by atoms with Crippen LogP contribution in [0.3, 0.4) is 0 Å². The van der Waals surface area contributed by atoms with E-state index in [0.29, 0.717) is 5.56 Å². The van der Waals surface area contributed by atoms with Crippen LogP contribution in [0.15, 0.2) is 22.7 Å². The van der Waals surface area contributed by atoms with Crippen molar-refractivity contribution in [3.8, 4) is 0 Å². The smallest absolute Gasteiger partial charge is 0.227 e. The molecule has 1 aromatic carbocycles. The first-order valence-electron chi connectivity index (χ1n) is 6.30. The molecule has 100 valence electrons. The monoisotopic (exact) mass is 315 g/mol. The molecule has 0 atom stereocenters. The van der Waals surface area contributed by atoms with Crippen molar-refractivity contribution in [3.63, 3.8) is 0 Å². The Labute approximate surface area is 116 Å². The Kier molecular flexibility index (Phi) is 6.33. The molecule has 0 saturated carbocycles. The Bertz CT molecular complexity index is 403. The van der Waals surface area contributed by atoms with E-state index >= 15 is 0 Å². The minimum atomic E-state index is -0.320. The highest BCUT2D eigenvalue weighted by Crippen LogP contribution is 2.16. The third-order valence-electron chi connectivity index (χ3n) is 2.69. The number of amides is 1. The van der Waals surface area contributed by atoms with Crippen LogP contribution in [0.2, 0.25) is 0 Å². The molecule has 1 aromatic rings. The van der Waals surface area contributed by atoms with Crippen LogP contribution >= 0.6 is 15.9 Å². The maximum absolute atomic E-state index is 13.6. The van der Waals surface area contributed by atoms with Crippen molar-refractivity contribution >= 4 is 21.8 Å². The van der Waals surface area contributed by atoms with E-state index in [1.807, 2.05) is 13.8 Å². The van der Waals surface area contributed by atoms with Gasteiger partial charge in [-0.05, 0) is 36.6 Å². The van der Waals surface area contributed by atoms with E-state index in [2.05, 4.69) is 15.9 Å². The summed E-state index contributed by atoms with van der Waals surface area (Å²) in [6, 6.07) is 4.69. The minimum Gasteiger partial charge on any atom is -0.342 e. The third kappa shape index (κ3) is 4.41. The summed E-state index contributed by atoms with van der Waals surface area (Å²) in [6.07, 6.45) is 1.98. The van der Waals surface area contributed by atoms with Crippen molar-refractivity contribution in [2.75, 3.05) is 13.1 Å². The second-order valence-corrected chi connectivity index (χ2v) is 5.21. The van der Waals surface area contributed by atoms with Crippen molar-refractivity contribution in [2.45, 2.75) is 33.1 Å². The number of nitrogens with zero attached hydrogens (tertiary/aromatic N) is 1. The van der Waals surface area contributed by atoms with E-state index in [4.69, 9.17) is 0 Å². The summed E-state index contributed by atoms with van der Waals surface area (Å²) in [6.45, 7) is 5.55. The zero-order valence-corrected chi connectivity index (χ0v) is 12.5. The first kappa shape index (κ1) is 15.2. The highest BCUT2D eigenvalue weighted by atomic mass is 79.9. The Hall–Kier alpha value is -0.900. The van der Waals surface area contributed by atoms with Crippen molar-refractivity contribution in [1.82, 2.24) is 4.90 Å². The fourth-order valence-corrected chi connectivity index (χ4v) is 2.26. The zero-order chi connectivity index (χ0) is 13.5. The molecular formula is C14H19BrFNO. The molecule has 0 bridgehead atoms. The summed E-state index contributed by atoms with van der Waals surface area (Å²) in [5, 5.41) is 0. The van der Waals surface area contributed by atoms with E-state index in [-0.39, 0.29) is 18.1 Å². The Morgan fingerprint density at radius 3 is 2.44 bits per heavy atom. The molecule has 0 radical (unpaired) electrons. The van der Waals surface area contributed by atoms with Crippen LogP contribution in [0.5, 0.6) is 0 Å². The number of benzene rings is 1. The molecule has 0 unspecified atom stereocenters. The van der Waals surface area contributed by atoms with Gasteiger partial charge in [-0.25, -0.2) is 4.39 Å². The first-order chi connectivity index (χ1) is 8.58. The average Bonchev–Trinajstić information content (AvgIpc) is 2.33. The normalized spacial score (nSPS) is 10.4. The van der Waals surface area contributed by atoms with Crippen LogP contribution in [0, 0.1) is 5.82 Å². The Morgan fingerprint density at radius 2 is 1.89 bits per heavy atom. The minimum absolute atomic E-state index is 0.00398. The topological polar surface area (TPSA) is 20.3 Å². The summed E-state index contributed by atoms with van der Waals surface area (Å²) >= 11 is 3.29. The van der Waals surface area contributed by atoms with E-state index in [1.54, 1.807) is 17.0 Å². The van der Waals surface area contributed by atoms with E-state index in [1.165, 1.54) is 6.07 Å². The molecule has 1 rings (SSSR count). The lowest BCUT2D eigenvalue weighted by Crippen LogP contribution is -2.33. The summed E-state index contributed by atoms with van der Waals surface area (Å²) in [5.41, 5.74) is 0.451. The van der Waals surface area contributed by atoms with Crippen molar-refractivity contribution in [2.24, 2.45) is 0 Å². The second kappa shape index (κ2) is 7.52. The molecule has 1 amide bonds. The number of carbonyl (C=O) groups excluding carboxylic acids is 1. The lowest BCUT2D eigenvalue weighted by atomic mass is 10.1. The van der Waals surface area contributed by atoms with Gasteiger partial charge in [0.05, 0.1) is 6.42 Å². The van der Waals surface area contributed by atoms with Gasteiger partial charge in [0.2, 0.25) is 5.91 Å². The lowest BCUT2D eigenvalue weighted by Gasteiger charge is -2.21. The predicted octanol–water partition coefficient (Wildman–Crippen LogP) is 3.78. The Balaban J connectivity index is 2.75. The van der Waals surface area contributed by atoms with Crippen LogP contribution in [0.1, 0.15) is 32.3 Å². The van der Waals surface area contributed by atoms with Crippen molar-refractivity contribution in [3.05, 3.63) is 34.1 Å². The number of halogens is 2. The molecule has 0 saturated heterocycles. The quantitative estimate of drug-likeness (QED) is 0.782. The molecule has 18 heavy (non-hydrogen) atoms. The number of carbonyl (C=O) groups is 1. The highest BCUT2D eigenvalue weighted by Gasteiger charge is 2.14. The van der Waals surface area contributed by atoms with Gasteiger partial charge in [-0.3, -0.25) is 4.79 Å². The van der Waals surface area contributed by atoms with E-state index < -0.39 is 0 Å². The van der Waals surface area contributed by atoms with Gasteiger partial charge in [-0.2, -0.15) is 0 Å². The van der Waals surface area contributed by atoms with Crippen LogP contribution in [0.4, 0.5) is 4.39 Å². The molecular weight excluding hydrogens is 297 g/mol. The molecule has 0 aliphatic rings. The molecule has 0 aromatic heterocycles. The van der Waals surface area contributed by atoms with E-state index in [9.17, 15) is 9.18 Å². The Morgan fingerprint density at radius 1 is 1.28 bits per heavy atom. The zero-order valence-electron chi connectivity index (χ0n) is 10.9. The summed E-state index contributed by atoms with van der Waals surface area (Å²) < 4.78 is 14.4. The molecule has 0 aliphatic carbocycles. The van der Waals surface area contributed by atoms with Gasteiger partial charge in [0.25, 0.3) is 0 Å². The first-order valence-corrected chi connectivity index (χ1v) is 7.09. The van der Waals surface area contributed by atoms with Gasteiger partial charge in [-0.15, -0.1) is 0 Å². The van der Waals surface area contributed by atoms with Gasteiger partial charge >= 0.3 is 0 Å². The maximum atomic E-state index is 13.6. The van der Waals surface area contributed by atoms with Gasteiger partial charge in [-0.1, -0.05) is 29.8 Å². The highest BCUT2D eigenvalue weighted by molar-refractivity contribution is 9.10. The van der Waals surface area contributed by atoms with Crippen molar-refractivity contribution < 1.29 is 9.18 Å². The SMILES string of the molecule is CCCN(CCC)C(=O)Cc1cc(Br)ccc1F. The van der Waals surface area contributed by atoms with Gasteiger partial charge in [0.1, 0.15) is 5.82 Å². The summed E-state index contributed by atoms with van der Waals surface area (Å²) in [4.78, 5) is 13.9. The fraction of sp³-hybridized carbons (Fsp3) is 0.500. The number of hydrogen-bond donors (Lipinski definition) is 0. The predicted molar refractivity (Wildman–Crippen MR) is 75.0 cm³/mol. The number of hydrogen-bond acceptors (Lipinski definition) is 1. The van der Waals surface area contributed by atoms with Crippen LogP contribution in [0.25, 0.3) is 0 Å². The molecule has 0 spiro atoms. The van der Waals surface area contributed by atoms with Crippen molar-refractivity contribution in [1.29, 1.82) is 0 Å². The lowest BCUT2D eigenvalue weighted by molar-refractivity contribution is -0.130. The molecule has 0 aliphatic heterocycles. The fourth-order valence-electron chi connectivity index (χ4n) is 1.85. The molecule has 0 heterocycles. The molecule has 0 fully saturated rings. The van der Waals surface area contributed by atoms with E-state index in [0.717, 1.165) is 30.4 Å². The van der Waals surface area contributed by atoms with Gasteiger partial charge in [0, 0.05) is 17.6 Å². The standard InChI is InChI=1S/C14H19BrFNO/c1-3-7-17(8-4-2)14(18)10-11-9-12(15)5-6-13(11)16/h5-6,9H,3-4,7-8,10H2,1-2H3. The summed E-state index contributed by atoms with van der Waals surface area (Å²) in [5.74, 6) is -0.324. The second-order valence-electron chi connectivity index (χ2n) is 4.29. The average molecular weight is 316 g/mol. The van der Waals surface area contributed by atoms with Crippen LogP contribution < -0.4 is 0 Å².